The zero-order chi connectivity index (χ0) is 16.3. The fraction of sp³-hybridized carbons (Fsp3) is 0.353. The number of hydrogen-bond acceptors (Lipinski definition) is 1. The Hall–Kier alpha value is -1.19. The highest BCUT2D eigenvalue weighted by Crippen LogP contribution is 2.38. The zero-order valence-electron chi connectivity index (χ0n) is 12.5. The van der Waals surface area contributed by atoms with Gasteiger partial charge in [0.15, 0.2) is 0 Å². The molecule has 2 rings (SSSR count). The molecule has 0 saturated heterocycles. The van der Waals surface area contributed by atoms with Crippen LogP contribution in [0.1, 0.15) is 37.8 Å². The first-order chi connectivity index (χ1) is 10.3. The number of nitrogens with zero attached hydrogens (tertiary/aromatic N) is 1. The van der Waals surface area contributed by atoms with Crippen LogP contribution in [0, 0.1) is 11.6 Å². The highest BCUT2D eigenvalue weighted by atomic mass is 35.5. The van der Waals surface area contributed by atoms with Gasteiger partial charge in [0.05, 0.1) is 10.0 Å². The van der Waals surface area contributed by atoms with E-state index in [1.807, 2.05) is 13.8 Å². The number of benzene rings is 1. The van der Waals surface area contributed by atoms with E-state index in [1.54, 1.807) is 12.4 Å². The second-order valence-corrected chi connectivity index (χ2v) is 6.81. The summed E-state index contributed by atoms with van der Waals surface area (Å²) in [6.07, 6.45) is 5.30. The molecule has 2 aromatic rings. The summed E-state index contributed by atoms with van der Waals surface area (Å²) in [5.74, 6) is -1.09. The van der Waals surface area contributed by atoms with Gasteiger partial charge in [0, 0.05) is 18.5 Å². The van der Waals surface area contributed by atoms with Crippen LogP contribution >= 0.6 is 23.2 Å². The van der Waals surface area contributed by atoms with Crippen molar-refractivity contribution in [3.8, 4) is 0 Å². The Morgan fingerprint density at radius 1 is 1.00 bits per heavy atom. The molecule has 0 amide bonds. The van der Waals surface area contributed by atoms with Crippen LogP contribution in [-0.4, -0.2) is 4.98 Å². The van der Waals surface area contributed by atoms with Gasteiger partial charge in [-0.1, -0.05) is 37.0 Å². The number of aryl methyl sites for hydroxylation is 1. The van der Waals surface area contributed by atoms with Crippen molar-refractivity contribution in [3.05, 3.63) is 63.4 Å². The molecule has 1 heterocycles. The molecule has 0 aliphatic carbocycles. The van der Waals surface area contributed by atoms with Crippen molar-refractivity contribution in [2.45, 2.75) is 38.5 Å². The highest BCUT2D eigenvalue weighted by Gasteiger charge is 2.25. The molecule has 0 radical (unpaired) electrons. The summed E-state index contributed by atoms with van der Waals surface area (Å²) in [6.45, 7) is 4.10. The molecule has 0 bridgehead atoms. The molecule has 0 spiro atoms. The summed E-state index contributed by atoms with van der Waals surface area (Å²) in [4.78, 5) is 3.96. The van der Waals surface area contributed by atoms with Gasteiger partial charge in [0.2, 0.25) is 0 Å². The minimum atomic E-state index is -0.547. The lowest BCUT2D eigenvalue weighted by molar-refractivity contribution is 0.460. The molecule has 118 valence electrons. The fourth-order valence-electron chi connectivity index (χ4n) is 2.67. The standard InChI is InChI=1S/C17H17Cl2F2N/c1-17(2,16-14(18)9-22-10-15(16)19)5-3-4-11-6-12(20)8-13(21)7-11/h6-10H,3-5H2,1-2H3. The Morgan fingerprint density at radius 3 is 2.09 bits per heavy atom. The average molecular weight is 344 g/mol. The van der Waals surface area contributed by atoms with Crippen molar-refractivity contribution >= 4 is 23.2 Å². The van der Waals surface area contributed by atoms with Crippen molar-refractivity contribution in [2.24, 2.45) is 0 Å². The van der Waals surface area contributed by atoms with E-state index in [4.69, 9.17) is 23.2 Å². The van der Waals surface area contributed by atoms with Gasteiger partial charge in [-0.2, -0.15) is 0 Å². The van der Waals surface area contributed by atoms with Gasteiger partial charge >= 0.3 is 0 Å². The van der Waals surface area contributed by atoms with Crippen LogP contribution in [-0.2, 0) is 11.8 Å². The maximum absolute atomic E-state index is 13.2. The van der Waals surface area contributed by atoms with E-state index in [2.05, 4.69) is 4.98 Å². The monoisotopic (exact) mass is 343 g/mol. The van der Waals surface area contributed by atoms with Gasteiger partial charge < -0.3 is 0 Å². The van der Waals surface area contributed by atoms with Gasteiger partial charge in [-0.05, 0) is 47.9 Å². The number of aromatic nitrogens is 1. The minimum absolute atomic E-state index is 0.247. The normalized spacial score (nSPS) is 11.7. The van der Waals surface area contributed by atoms with Crippen LogP contribution in [0.2, 0.25) is 10.0 Å². The molecule has 1 aromatic carbocycles. The van der Waals surface area contributed by atoms with Crippen LogP contribution in [0.5, 0.6) is 0 Å². The van der Waals surface area contributed by atoms with Gasteiger partial charge in [0.25, 0.3) is 0 Å². The van der Waals surface area contributed by atoms with Gasteiger partial charge in [-0.15, -0.1) is 0 Å². The Labute approximate surface area is 139 Å². The SMILES string of the molecule is CC(C)(CCCc1cc(F)cc(F)c1)c1c(Cl)cncc1Cl. The second-order valence-electron chi connectivity index (χ2n) is 5.99. The summed E-state index contributed by atoms with van der Waals surface area (Å²) in [6, 6.07) is 3.61. The van der Waals surface area contributed by atoms with Crippen molar-refractivity contribution < 1.29 is 8.78 Å². The van der Waals surface area contributed by atoms with E-state index in [0.717, 1.165) is 24.5 Å². The first kappa shape index (κ1) is 17.2. The molecule has 0 aliphatic heterocycles. The third-order valence-corrected chi connectivity index (χ3v) is 4.29. The lowest BCUT2D eigenvalue weighted by Crippen LogP contribution is -2.19. The summed E-state index contributed by atoms with van der Waals surface area (Å²) >= 11 is 12.4. The van der Waals surface area contributed by atoms with Crippen LogP contribution in [0.15, 0.2) is 30.6 Å². The number of hydrogen-bond donors (Lipinski definition) is 0. The Kier molecular flexibility index (Phi) is 5.41. The molecule has 0 unspecified atom stereocenters. The molecular formula is C17H17Cl2F2N. The molecule has 0 aliphatic rings. The number of rotatable bonds is 5. The Morgan fingerprint density at radius 2 is 1.55 bits per heavy atom. The van der Waals surface area contributed by atoms with Crippen LogP contribution < -0.4 is 0 Å². The van der Waals surface area contributed by atoms with E-state index in [0.29, 0.717) is 22.0 Å². The van der Waals surface area contributed by atoms with Crippen molar-refractivity contribution in [1.82, 2.24) is 4.98 Å². The lowest BCUT2D eigenvalue weighted by atomic mass is 9.80. The molecule has 0 N–H and O–H groups in total. The van der Waals surface area contributed by atoms with E-state index in [9.17, 15) is 8.78 Å². The molecule has 0 saturated carbocycles. The Balaban J connectivity index is 2.07. The molecular weight excluding hydrogens is 327 g/mol. The number of halogens is 4. The van der Waals surface area contributed by atoms with E-state index in [1.165, 1.54) is 12.1 Å². The third-order valence-electron chi connectivity index (χ3n) is 3.72. The summed E-state index contributed by atoms with van der Waals surface area (Å²) in [7, 11) is 0. The van der Waals surface area contributed by atoms with Crippen LogP contribution in [0.25, 0.3) is 0 Å². The summed E-state index contributed by atoms with van der Waals surface area (Å²) in [5.41, 5.74) is 1.26. The van der Waals surface area contributed by atoms with Crippen molar-refractivity contribution in [1.29, 1.82) is 0 Å². The van der Waals surface area contributed by atoms with Crippen molar-refractivity contribution in [2.75, 3.05) is 0 Å². The smallest absolute Gasteiger partial charge is 0.126 e. The molecule has 22 heavy (non-hydrogen) atoms. The lowest BCUT2D eigenvalue weighted by Gasteiger charge is -2.27. The second kappa shape index (κ2) is 6.93. The van der Waals surface area contributed by atoms with E-state index in [-0.39, 0.29) is 5.41 Å². The van der Waals surface area contributed by atoms with Crippen LogP contribution in [0.3, 0.4) is 0 Å². The van der Waals surface area contributed by atoms with Gasteiger partial charge in [0.1, 0.15) is 11.6 Å². The topological polar surface area (TPSA) is 12.9 Å². The molecule has 1 nitrogen and oxygen atoms in total. The molecule has 0 atom stereocenters. The van der Waals surface area contributed by atoms with Crippen LogP contribution in [0.4, 0.5) is 8.78 Å². The zero-order valence-corrected chi connectivity index (χ0v) is 14.0. The summed E-state index contributed by atoms with van der Waals surface area (Å²) < 4.78 is 26.4. The average Bonchev–Trinajstić information content (AvgIpc) is 2.36. The molecule has 0 fully saturated rings. The summed E-state index contributed by atoms with van der Waals surface area (Å²) in [5, 5.41) is 1.07. The maximum Gasteiger partial charge on any atom is 0.126 e. The molecule has 1 aromatic heterocycles. The van der Waals surface area contributed by atoms with E-state index >= 15 is 0 Å². The largest absolute Gasteiger partial charge is 0.262 e. The Bertz CT molecular complexity index is 631. The minimum Gasteiger partial charge on any atom is -0.262 e. The molecule has 5 heteroatoms. The van der Waals surface area contributed by atoms with Gasteiger partial charge in [-0.25, -0.2) is 8.78 Å². The first-order valence-electron chi connectivity index (χ1n) is 7.04. The first-order valence-corrected chi connectivity index (χ1v) is 7.79. The number of pyridine rings is 1. The fourth-order valence-corrected chi connectivity index (χ4v) is 3.55. The van der Waals surface area contributed by atoms with E-state index < -0.39 is 11.6 Å². The highest BCUT2D eigenvalue weighted by molar-refractivity contribution is 6.35. The quantitative estimate of drug-likeness (QED) is 0.651. The predicted octanol–water partition coefficient (Wildman–Crippen LogP) is 5.97. The third kappa shape index (κ3) is 4.17. The van der Waals surface area contributed by atoms with Crippen molar-refractivity contribution in [3.63, 3.8) is 0 Å². The predicted molar refractivity (Wildman–Crippen MR) is 86.6 cm³/mol. The van der Waals surface area contributed by atoms with Gasteiger partial charge in [-0.3, -0.25) is 4.98 Å². The maximum atomic E-state index is 13.2.